The number of anilines is 1. The summed E-state index contributed by atoms with van der Waals surface area (Å²) in [5.41, 5.74) is 0.677. The van der Waals surface area contributed by atoms with Crippen molar-refractivity contribution < 1.29 is 36.2 Å². The lowest BCUT2D eigenvalue weighted by molar-refractivity contribution is -0.175. The minimum Gasteiger partial charge on any atom is -0.447 e. The van der Waals surface area contributed by atoms with Gasteiger partial charge in [-0.15, -0.1) is 0 Å². The molecular weight excluding hydrogens is 465 g/mol. The third-order valence-corrected chi connectivity index (χ3v) is 4.26. The molecule has 0 unspecified atom stereocenters. The maximum Gasteiger partial charge on any atom is 0.411 e. The number of hydrogen-bond acceptors (Lipinski definition) is 5. The standard InChI is InChI=1S/C22H18F5N3O4/c23-15-10-16(24)12-18(11-15)30-5-4-20(31)19(29-30)9-14-2-1-3-17(8-14)28-21(32)34-7-6-33-13-22(25,26)27/h1-5,8,10-12H,6-7,9,13H2,(H,28,32). The fourth-order valence-corrected chi connectivity index (χ4v) is 2.87. The molecule has 0 fully saturated rings. The number of alkyl halides is 3. The summed E-state index contributed by atoms with van der Waals surface area (Å²) < 4.78 is 73.3. The van der Waals surface area contributed by atoms with Gasteiger partial charge < -0.3 is 9.47 Å². The van der Waals surface area contributed by atoms with Gasteiger partial charge in [-0.25, -0.2) is 18.3 Å². The van der Waals surface area contributed by atoms with Crippen molar-refractivity contribution in [1.82, 2.24) is 9.78 Å². The van der Waals surface area contributed by atoms with Crippen LogP contribution in [-0.2, 0) is 15.9 Å². The third kappa shape index (κ3) is 7.66. The minimum atomic E-state index is -4.47. The number of ether oxygens (including phenoxy) is 2. The first-order chi connectivity index (χ1) is 16.1. The van der Waals surface area contributed by atoms with Crippen LogP contribution in [0.25, 0.3) is 5.69 Å². The normalized spacial score (nSPS) is 11.3. The summed E-state index contributed by atoms with van der Waals surface area (Å²) in [4.78, 5) is 24.1. The van der Waals surface area contributed by atoms with Gasteiger partial charge in [0, 0.05) is 30.4 Å². The predicted octanol–water partition coefficient (Wildman–Crippen LogP) is 4.23. The van der Waals surface area contributed by atoms with E-state index in [2.05, 4.69) is 15.2 Å². The number of nitrogens with one attached hydrogen (secondary N) is 1. The summed E-state index contributed by atoms with van der Waals surface area (Å²) >= 11 is 0. The highest BCUT2D eigenvalue weighted by molar-refractivity contribution is 5.84. The molecule has 0 radical (unpaired) electrons. The van der Waals surface area contributed by atoms with Gasteiger partial charge in [0.1, 0.15) is 30.5 Å². The summed E-state index contributed by atoms with van der Waals surface area (Å²) in [7, 11) is 0. The molecule has 1 amide bonds. The first kappa shape index (κ1) is 24.8. The Labute approximate surface area is 189 Å². The van der Waals surface area contributed by atoms with E-state index in [4.69, 9.17) is 4.74 Å². The van der Waals surface area contributed by atoms with E-state index in [9.17, 15) is 31.5 Å². The topological polar surface area (TPSA) is 82.5 Å². The Hall–Kier alpha value is -3.80. The molecule has 0 aliphatic carbocycles. The molecule has 1 N–H and O–H groups in total. The smallest absolute Gasteiger partial charge is 0.411 e. The summed E-state index contributed by atoms with van der Waals surface area (Å²) in [6.07, 6.45) is -4.03. The van der Waals surface area contributed by atoms with Crippen LogP contribution < -0.4 is 10.7 Å². The van der Waals surface area contributed by atoms with Crippen LogP contribution in [0.5, 0.6) is 0 Å². The highest BCUT2D eigenvalue weighted by Gasteiger charge is 2.27. The van der Waals surface area contributed by atoms with Crippen LogP contribution in [0.3, 0.4) is 0 Å². The number of aromatic nitrogens is 2. The first-order valence-corrected chi connectivity index (χ1v) is 9.81. The Morgan fingerprint density at radius 3 is 2.47 bits per heavy atom. The molecule has 0 bridgehead atoms. The molecule has 0 atom stereocenters. The molecule has 7 nitrogen and oxygen atoms in total. The van der Waals surface area contributed by atoms with Gasteiger partial charge in [-0.2, -0.15) is 18.3 Å². The van der Waals surface area contributed by atoms with Crippen molar-refractivity contribution in [1.29, 1.82) is 0 Å². The molecule has 1 heterocycles. The number of rotatable bonds is 8. The number of nitrogens with zero attached hydrogens (tertiary/aromatic N) is 2. The summed E-state index contributed by atoms with van der Waals surface area (Å²) in [5, 5.41) is 6.56. The molecule has 3 aromatic rings. The van der Waals surface area contributed by atoms with Crippen LogP contribution in [0.2, 0.25) is 0 Å². The van der Waals surface area contributed by atoms with Crippen molar-refractivity contribution >= 4 is 11.8 Å². The monoisotopic (exact) mass is 483 g/mol. The number of hydrogen-bond donors (Lipinski definition) is 1. The van der Waals surface area contributed by atoms with Gasteiger partial charge in [0.25, 0.3) is 0 Å². The second-order valence-electron chi connectivity index (χ2n) is 7.00. The molecule has 2 aromatic carbocycles. The summed E-state index contributed by atoms with van der Waals surface area (Å²) in [5.74, 6) is -1.59. The zero-order valence-corrected chi connectivity index (χ0v) is 17.4. The quantitative estimate of drug-likeness (QED) is 0.383. The number of halogens is 5. The van der Waals surface area contributed by atoms with Gasteiger partial charge in [0.05, 0.1) is 12.3 Å². The summed E-state index contributed by atoms with van der Waals surface area (Å²) in [6, 6.07) is 10.4. The Morgan fingerprint density at radius 1 is 1.03 bits per heavy atom. The van der Waals surface area contributed by atoms with E-state index in [-0.39, 0.29) is 24.4 Å². The predicted molar refractivity (Wildman–Crippen MR) is 111 cm³/mol. The lowest BCUT2D eigenvalue weighted by atomic mass is 10.1. The van der Waals surface area contributed by atoms with Gasteiger partial charge in [-0.1, -0.05) is 12.1 Å². The fourth-order valence-electron chi connectivity index (χ4n) is 2.87. The van der Waals surface area contributed by atoms with E-state index in [0.29, 0.717) is 17.3 Å². The van der Waals surface area contributed by atoms with Crippen LogP contribution in [-0.4, -0.2) is 41.9 Å². The zero-order chi connectivity index (χ0) is 24.7. The van der Waals surface area contributed by atoms with Crippen molar-refractivity contribution in [2.75, 3.05) is 25.1 Å². The lowest BCUT2D eigenvalue weighted by Gasteiger charge is -2.10. The molecule has 0 aliphatic rings. The number of benzene rings is 2. The van der Waals surface area contributed by atoms with E-state index in [1.807, 2.05) is 0 Å². The van der Waals surface area contributed by atoms with E-state index in [1.165, 1.54) is 23.0 Å². The largest absolute Gasteiger partial charge is 0.447 e. The van der Waals surface area contributed by atoms with E-state index < -0.39 is 42.5 Å². The van der Waals surface area contributed by atoms with Crippen molar-refractivity contribution in [2.24, 2.45) is 0 Å². The van der Waals surface area contributed by atoms with E-state index >= 15 is 0 Å². The van der Waals surface area contributed by atoms with Crippen LogP contribution in [0.15, 0.2) is 59.5 Å². The molecule has 0 saturated carbocycles. The molecule has 0 aliphatic heterocycles. The SMILES string of the molecule is O=C(Nc1cccc(Cc2nn(-c3cc(F)cc(F)c3)ccc2=O)c1)OCCOCC(F)(F)F. The van der Waals surface area contributed by atoms with Crippen LogP contribution in [0.4, 0.5) is 32.4 Å². The Balaban J connectivity index is 1.63. The highest BCUT2D eigenvalue weighted by atomic mass is 19.4. The minimum absolute atomic E-state index is 0.0489. The fraction of sp³-hybridized carbons (Fsp3) is 0.227. The Morgan fingerprint density at radius 2 is 1.76 bits per heavy atom. The highest BCUT2D eigenvalue weighted by Crippen LogP contribution is 2.16. The van der Waals surface area contributed by atoms with Crippen molar-refractivity contribution in [3.05, 3.63) is 87.8 Å². The number of carbonyl (C=O) groups excluding carboxylic acids is 1. The molecule has 3 rings (SSSR count). The Kier molecular flexibility index (Phi) is 7.95. The van der Waals surface area contributed by atoms with Crippen molar-refractivity contribution in [3.8, 4) is 5.69 Å². The van der Waals surface area contributed by atoms with Crippen molar-refractivity contribution in [2.45, 2.75) is 12.6 Å². The molecule has 0 spiro atoms. The maximum atomic E-state index is 13.5. The average molecular weight is 483 g/mol. The van der Waals surface area contributed by atoms with Crippen molar-refractivity contribution in [3.63, 3.8) is 0 Å². The maximum absolute atomic E-state index is 13.5. The molecular formula is C22H18F5N3O4. The van der Waals surface area contributed by atoms with Crippen LogP contribution in [0.1, 0.15) is 11.3 Å². The van der Waals surface area contributed by atoms with Gasteiger partial charge in [0.15, 0.2) is 0 Å². The van der Waals surface area contributed by atoms with Crippen LogP contribution >= 0.6 is 0 Å². The van der Waals surface area contributed by atoms with Gasteiger partial charge in [-0.05, 0) is 29.8 Å². The van der Waals surface area contributed by atoms with Gasteiger partial charge in [-0.3, -0.25) is 10.1 Å². The molecule has 34 heavy (non-hydrogen) atoms. The third-order valence-electron chi connectivity index (χ3n) is 4.26. The van der Waals surface area contributed by atoms with E-state index in [0.717, 1.165) is 12.1 Å². The van der Waals surface area contributed by atoms with E-state index in [1.54, 1.807) is 18.2 Å². The summed E-state index contributed by atoms with van der Waals surface area (Å²) in [6.45, 7) is -2.24. The average Bonchev–Trinajstić information content (AvgIpc) is 2.74. The second kappa shape index (κ2) is 10.9. The van der Waals surface area contributed by atoms with Gasteiger partial charge in [0.2, 0.25) is 5.43 Å². The molecule has 12 heteroatoms. The number of carbonyl (C=O) groups is 1. The van der Waals surface area contributed by atoms with Gasteiger partial charge >= 0.3 is 12.3 Å². The number of amides is 1. The molecule has 0 saturated heterocycles. The first-order valence-electron chi connectivity index (χ1n) is 9.81. The van der Waals surface area contributed by atoms with Crippen LogP contribution in [0, 0.1) is 11.6 Å². The molecule has 1 aromatic heterocycles. The Bertz CT molecular complexity index is 1190. The molecule has 180 valence electrons. The lowest BCUT2D eigenvalue weighted by Crippen LogP contribution is -2.21. The zero-order valence-electron chi connectivity index (χ0n) is 17.4. The second-order valence-corrected chi connectivity index (χ2v) is 7.00.